The van der Waals surface area contributed by atoms with E-state index < -0.39 is 6.03 Å². The van der Waals surface area contributed by atoms with Crippen LogP contribution in [-0.4, -0.2) is 16.9 Å². The molecule has 1 atom stereocenters. The molecule has 1 aliphatic carbocycles. The maximum Gasteiger partial charge on any atom is 0.312 e. The van der Waals surface area contributed by atoms with Gasteiger partial charge in [0.25, 0.3) is 0 Å². The molecule has 1 rings (SSSR count). The monoisotopic (exact) mass is 202 g/mol. The number of hydrogen-bond donors (Lipinski definition) is 2. The maximum atomic E-state index is 10.5. The molecule has 12 heavy (non-hydrogen) atoms. The van der Waals surface area contributed by atoms with Crippen LogP contribution in [-0.2, 0) is 0 Å². The van der Waals surface area contributed by atoms with Crippen LogP contribution in [0.4, 0.5) is 4.79 Å². The number of thiocarbonyl (C=S) groups is 1. The minimum Gasteiger partial charge on any atom is -0.352 e. The first kappa shape index (κ1) is 9.22. The van der Waals surface area contributed by atoms with Gasteiger partial charge in [0.2, 0.25) is 0 Å². The van der Waals surface area contributed by atoms with Gasteiger partial charge in [-0.05, 0) is 18.2 Å². The van der Waals surface area contributed by atoms with E-state index in [1.165, 1.54) is 0 Å². The first-order chi connectivity index (χ1) is 5.59. The number of halogens is 1. The van der Waals surface area contributed by atoms with Crippen molar-refractivity contribution < 1.29 is 4.79 Å². The van der Waals surface area contributed by atoms with Gasteiger partial charge in [-0.2, -0.15) is 0 Å². The van der Waals surface area contributed by atoms with Crippen molar-refractivity contribution >= 4 is 34.7 Å². The maximum absolute atomic E-state index is 10.5. The Labute approximate surface area is 80.3 Å². The average molecular weight is 203 g/mol. The molecule has 1 aliphatic rings. The van der Waals surface area contributed by atoms with Gasteiger partial charge in [-0.15, -0.1) is 0 Å². The molecule has 3 nitrogen and oxygen atoms in total. The van der Waals surface area contributed by atoms with E-state index in [-0.39, 0.29) is 6.04 Å². The van der Waals surface area contributed by atoms with Crippen LogP contribution in [0.5, 0.6) is 0 Å². The van der Waals surface area contributed by atoms with Gasteiger partial charge in [0.05, 0.1) is 6.04 Å². The average Bonchev–Trinajstić information content (AvgIpc) is 1.96. The van der Waals surface area contributed by atoms with Crippen LogP contribution in [0.15, 0.2) is 23.3 Å². The van der Waals surface area contributed by atoms with Gasteiger partial charge in [0.1, 0.15) is 0 Å². The first-order valence-corrected chi connectivity index (χ1v) is 4.03. The summed E-state index contributed by atoms with van der Waals surface area (Å²) in [4.78, 5) is 11.1. The number of nitrogens with one attached hydrogen (secondary N) is 1. The van der Waals surface area contributed by atoms with E-state index in [4.69, 9.17) is 29.6 Å². The summed E-state index contributed by atoms with van der Waals surface area (Å²) in [6, 6.07) is -0.964. The number of hydrogen-bond acceptors (Lipinski definition) is 2. The summed E-state index contributed by atoms with van der Waals surface area (Å²) < 4.78 is 0. The molecular formula is C7H7ClN2OS. The highest BCUT2D eigenvalue weighted by Gasteiger charge is 2.14. The Morgan fingerprint density at radius 2 is 2.33 bits per heavy atom. The number of rotatable bonds is 1. The molecule has 0 radical (unpaired) electrons. The summed E-state index contributed by atoms with van der Waals surface area (Å²) in [5.74, 6) is 0. The number of amides is 2. The Morgan fingerprint density at radius 1 is 1.67 bits per heavy atom. The zero-order chi connectivity index (χ0) is 9.14. The minimum absolute atomic E-state index is 0.352. The van der Waals surface area contributed by atoms with Gasteiger partial charge in [-0.3, -0.25) is 0 Å². The van der Waals surface area contributed by atoms with Crippen LogP contribution in [0, 0.1) is 0 Å². The van der Waals surface area contributed by atoms with Crippen LogP contribution >= 0.6 is 23.8 Å². The predicted molar refractivity (Wildman–Crippen MR) is 52.2 cm³/mol. The van der Waals surface area contributed by atoms with Crippen molar-refractivity contribution in [3.63, 3.8) is 0 Å². The number of allylic oxidation sites excluding steroid dienone is 2. The third-order valence-corrected chi connectivity index (χ3v) is 1.98. The molecule has 64 valence electrons. The van der Waals surface area contributed by atoms with Gasteiger partial charge < -0.3 is 11.1 Å². The molecule has 0 saturated heterocycles. The number of nitrogens with two attached hydrogens (primary N) is 1. The van der Waals surface area contributed by atoms with Gasteiger partial charge in [0, 0.05) is 9.90 Å². The van der Waals surface area contributed by atoms with Crippen molar-refractivity contribution in [3.8, 4) is 0 Å². The molecule has 0 saturated carbocycles. The molecule has 0 spiro atoms. The highest BCUT2D eigenvalue weighted by molar-refractivity contribution is 7.80. The Morgan fingerprint density at radius 3 is 2.92 bits per heavy atom. The van der Waals surface area contributed by atoms with E-state index in [2.05, 4.69) is 5.32 Å². The number of urea groups is 1. The van der Waals surface area contributed by atoms with Crippen LogP contribution in [0.1, 0.15) is 0 Å². The van der Waals surface area contributed by atoms with Crippen molar-refractivity contribution in [1.82, 2.24) is 5.32 Å². The summed E-state index contributed by atoms with van der Waals surface area (Å²) in [7, 11) is 0. The molecule has 0 aromatic heterocycles. The smallest absolute Gasteiger partial charge is 0.312 e. The second-order valence-corrected chi connectivity index (χ2v) is 3.18. The van der Waals surface area contributed by atoms with Crippen LogP contribution in [0.25, 0.3) is 0 Å². The Hall–Kier alpha value is -0.870. The van der Waals surface area contributed by atoms with E-state index in [0.29, 0.717) is 9.90 Å². The van der Waals surface area contributed by atoms with Gasteiger partial charge in [-0.1, -0.05) is 23.8 Å². The van der Waals surface area contributed by atoms with Crippen molar-refractivity contribution in [2.24, 2.45) is 5.73 Å². The molecule has 1 unspecified atom stereocenters. The minimum atomic E-state index is -0.613. The fourth-order valence-corrected chi connectivity index (χ4v) is 1.21. The quantitative estimate of drug-likeness (QED) is 0.626. The van der Waals surface area contributed by atoms with E-state index in [9.17, 15) is 4.79 Å². The van der Waals surface area contributed by atoms with Crippen molar-refractivity contribution in [1.29, 1.82) is 0 Å². The second-order valence-electron chi connectivity index (χ2n) is 2.27. The topological polar surface area (TPSA) is 55.1 Å². The fraction of sp³-hybridized carbons (Fsp3) is 0.143. The summed E-state index contributed by atoms with van der Waals surface area (Å²) in [5.41, 5.74) is 4.92. The third kappa shape index (κ3) is 2.32. The Kier molecular flexibility index (Phi) is 2.83. The second kappa shape index (κ2) is 3.69. The summed E-state index contributed by atoms with van der Waals surface area (Å²) in [5, 5.41) is 2.99. The van der Waals surface area contributed by atoms with Crippen LogP contribution < -0.4 is 11.1 Å². The number of primary amides is 1. The van der Waals surface area contributed by atoms with Gasteiger partial charge in [-0.25, -0.2) is 4.79 Å². The molecule has 0 heterocycles. The van der Waals surface area contributed by atoms with Crippen molar-refractivity contribution in [3.05, 3.63) is 23.3 Å². The molecule has 2 amide bonds. The summed E-state index contributed by atoms with van der Waals surface area (Å²) >= 11 is 10.6. The largest absolute Gasteiger partial charge is 0.352 e. The molecule has 0 fully saturated rings. The first-order valence-electron chi connectivity index (χ1n) is 3.25. The van der Waals surface area contributed by atoms with Crippen molar-refractivity contribution in [2.45, 2.75) is 6.04 Å². The Balaban J connectivity index is 2.71. The molecule has 0 bridgehead atoms. The fourth-order valence-electron chi connectivity index (χ4n) is 0.828. The zero-order valence-electron chi connectivity index (χ0n) is 6.08. The molecule has 5 heteroatoms. The van der Waals surface area contributed by atoms with E-state index >= 15 is 0 Å². The standard InChI is InChI=1S/C7H7ClN2OS/c8-4-1-2-6(12)5(3-4)10-7(9)11/h1-3,5H,(H3,9,10,11). The van der Waals surface area contributed by atoms with E-state index in [0.717, 1.165) is 0 Å². The van der Waals surface area contributed by atoms with Crippen molar-refractivity contribution in [2.75, 3.05) is 0 Å². The zero-order valence-corrected chi connectivity index (χ0v) is 7.65. The Bertz CT molecular complexity index is 285. The lowest BCUT2D eigenvalue weighted by Gasteiger charge is -2.15. The number of carbonyl (C=O) groups excluding carboxylic acids is 1. The normalized spacial score (nSPS) is 21.9. The van der Waals surface area contributed by atoms with E-state index in [1.807, 2.05) is 0 Å². The van der Waals surface area contributed by atoms with Gasteiger partial charge in [0.15, 0.2) is 0 Å². The SMILES string of the molecule is NC(=O)NC1C=C(Cl)C=CC1=S. The summed E-state index contributed by atoms with van der Waals surface area (Å²) in [6.45, 7) is 0. The summed E-state index contributed by atoms with van der Waals surface area (Å²) in [6.07, 6.45) is 4.97. The molecule has 0 aromatic carbocycles. The highest BCUT2D eigenvalue weighted by atomic mass is 35.5. The highest BCUT2D eigenvalue weighted by Crippen LogP contribution is 2.12. The number of carbonyl (C=O) groups is 1. The third-order valence-electron chi connectivity index (χ3n) is 1.34. The van der Waals surface area contributed by atoms with E-state index in [1.54, 1.807) is 18.2 Å². The lowest BCUT2D eigenvalue weighted by molar-refractivity contribution is 0.249. The lowest BCUT2D eigenvalue weighted by Crippen LogP contribution is -2.41. The molecule has 3 N–H and O–H groups in total. The van der Waals surface area contributed by atoms with Crippen LogP contribution in [0.2, 0.25) is 0 Å². The predicted octanol–water partition coefficient (Wildman–Crippen LogP) is 1.09. The molecular weight excluding hydrogens is 196 g/mol. The van der Waals surface area contributed by atoms with Gasteiger partial charge >= 0.3 is 6.03 Å². The van der Waals surface area contributed by atoms with Crippen LogP contribution in [0.3, 0.4) is 0 Å². The lowest BCUT2D eigenvalue weighted by atomic mass is 10.1. The molecule has 0 aliphatic heterocycles. The molecule has 0 aromatic rings.